The number of amidine groups is 1. The fraction of sp³-hybridized carbons (Fsp3) is 0.250. The summed E-state index contributed by atoms with van der Waals surface area (Å²) >= 11 is 0. The number of pyridine rings is 3. The van der Waals surface area contributed by atoms with Gasteiger partial charge in [0, 0.05) is 23.6 Å². The monoisotopic (exact) mass is 463 g/mol. The Hall–Kier alpha value is -4.08. The number of anilines is 2. The molecule has 0 unspecified atom stereocenters. The number of nitriles is 1. The van der Waals surface area contributed by atoms with Crippen LogP contribution in [0.5, 0.6) is 0 Å². The number of ether oxygens (including phenoxy) is 1. The molecular formula is C20H14F5N7O. The number of nitrogens with zero attached hydrogens (tertiary/aromatic N) is 5. The molecule has 1 aliphatic rings. The van der Waals surface area contributed by atoms with E-state index in [1.54, 1.807) is 0 Å². The Kier molecular flexibility index (Phi) is 5.23. The van der Waals surface area contributed by atoms with Crippen molar-refractivity contribution in [1.82, 2.24) is 15.0 Å². The molecule has 0 saturated heterocycles. The van der Waals surface area contributed by atoms with Gasteiger partial charge in [0.1, 0.15) is 11.6 Å². The molecule has 3 aromatic rings. The lowest BCUT2D eigenvalue weighted by molar-refractivity contribution is -0.208. The van der Waals surface area contributed by atoms with Crippen molar-refractivity contribution in [3.8, 4) is 6.07 Å². The third-order valence-corrected chi connectivity index (χ3v) is 5.06. The van der Waals surface area contributed by atoms with E-state index in [1.165, 1.54) is 25.3 Å². The van der Waals surface area contributed by atoms with E-state index in [9.17, 15) is 22.0 Å². The van der Waals surface area contributed by atoms with Crippen LogP contribution in [-0.2, 0) is 10.3 Å². The van der Waals surface area contributed by atoms with Crippen LogP contribution in [0.25, 0.3) is 10.9 Å². The lowest BCUT2D eigenvalue weighted by Crippen LogP contribution is -2.46. The number of fused-ring (bicyclic) bond motifs is 1. The van der Waals surface area contributed by atoms with Gasteiger partial charge >= 0.3 is 6.18 Å². The summed E-state index contributed by atoms with van der Waals surface area (Å²) in [5, 5.41) is 11.8. The zero-order chi connectivity index (χ0) is 24.0. The van der Waals surface area contributed by atoms with Crippen molar-refractivity contribution in [3.05, 3.63) is 53.6 Å². The Morgan fingerprint density at radius 1 is 1.18 bits per heavy atom. The van der Waals surface area contributed by atoms with Crippen molar-refractivity contribution >= 4 is 28.4 Å². The maximum Gasteiger partial charge on any atom is 0.425 e. The van der Waals surface area contributed by atoms with Crippen LogP contribution in [0.4, 0.5) is 33.5 Å². The number of aromatic nitrogens is 3. The third-order valence-electron chi connectivity index (χ3n) is 5.06. The van der Waals surface area contributed by atoms with Crippen molar-refractivity contribution < 1.29 is 26.7 Å². The van der Waals surface area contributed by atoms with Crippen molar-refractivity contribution in [2.45, 2.75) is 31.2 Å². The maximum atomic E-state index is 14.6. The van der Waals surface area contributed by atoms with Gasteiger partial charge in [0.25, 0.3) is 6.02 Å². The zero-order valence-corrected chi connectivity index (χ0v) is 16.8. The molecule has 0 fully saturated rings. The predicted molar refractivity (Wildman–Crippen MR) is 106 cm³/mol. The van der Waals surface area contributed by atoms with Gasteiger partial charge in [-0.3, -0.25) is 4.98 Å². The Labute approximate surface area is 182 Å². The molecule has 1 aliphatic heterocycles. The van der Waals surface area contributed by atoms with Crippen LogP contribution in [0.15, 0.2) is 35.7 Å². The van der Waals surface area contributed by atoms with Crippen molar-refractivity contribution in [2.75, 3.05) is 5.32 Å². The van der Waals surface area contributed by atoms with Crippen molar-refractivity contribution in [3.63, 3.8) is 0 Å². The summed E-state index contributed by atoms with van der Waals surface area (Å²) < 4.78 is 73.1. The van der Waals surface area contributed by atoms with E-state index in [1.807, 2.05) is 6.07 Å². The first-order valence-electron chi connectivity index (χ1n) is 9.36. The van der Waals surface area contributed by atoms with Crippen LogP contribution in [0.3, 0.4) is 0 Å². The second-order valence-electron chi connectivity index (χ2n) is 7.45. The van der Waals surface area contributed by atoms with Crippen molar-refractivity contribution in [2.24, 2.45) is 10.7 Å². The average Bonchev–Trinajstić information content (AvgIpc) is 2.75. The number of aliphatic imine (C=N–C) groups is 1. The SMILES string of the molecule is C[C@]1(c2cc(Nc3ncc(F)c4cc(C#N)cnc34)cnc2F)C[C@@H](C(F)(F)F)OC(N)=N1. The lowest BCUT2D eigenvalue weighted by Gasteiger charge is -2.35. The molecule has 13 heteroatoms. The number of alkyl halides is 3. The molecule has 170 valence electrons. The Morgan fingerprint density at radius 2 is 1.94 bits per heavy atom. The van der Waals surface area contributed by atoms with E-state index in [0.29, 0.717) is 0 Å². The summed E-state index contributed by atoms with van der Waals surface area (Å²) in [4.78, 5) is 15.5. The minimum absolute atomic E-state index is 0.0172. The zero-order valence-electron chi connectivity index (χ0n) is 16.8. The Morgan fingerprint density at radius 3 is 2.64 bits per heavy atom. The first-order valence-corrected chi connectivity index (χ1v) is 9.36. The molecular weight excluding hydrogens is 449 g/mol. The lowest BCUT2D eigenvalue weighted by atomic mass is 9.86. The van der Waals surface area contributed by atoms with Gasteiger partial charge in [-0.05, 0) is 19.1 Å². The Bertz CT molecular complexity index is 1320. The molecule has 0 aliphatic carbocycles. The molecule has 8 nitrogen and oxygen atoms in total. The predicted octanol–water partition coefficient (Wildman–Crippen LogP) is 3.80. The summed E-state index contributed by atoms with van der Waals surface area (Å²) in [6, 6.07) is 3.62. The third kappa shape index (κ3) is 4.19. The highest BCUT2D eigenvalue weighted by atomic mass is 19.4. The van der Waals surface area contributed by atoms with Gasteiger partial charge < -0.3 is 15.8 Å². The van der Waals surface area contributed by atoms with E-state index in [0.717, 1.165) is 12.4 Å². The summed E-state index contributed by atoms with van der Waals surface area (Å²) in [5.41, 5.74) is 3.79. The standard InChI is InChI=1S/C20H14F5N7O/c1-19(4-14(20(23,24)25)33-18(27)32-19)12-3-10(7-29-16(12)22)31-17-15-11(13(21)8-30-17)2-9(5-26)6-28-15/h2-3,6-8,14H,4H2,1H3,(H2,27,32)(H,30,31)/t14-,19+/m0/s1. The Balaban J connectivity index is 1.74. The number of rotatable bonds is 3. The quantitative estimate of drug-likeness (QED) is 0.448. The van der Waals surface area contributed by atoms with Gasteiger partial charge in [-0.15, -0.1) is 0 Å². The normalized spacial score (nSPS) is 20.6. The molecule has 0 radical (unpaired) electrons. The second-order valence-corrected chi connectivity index (χ2v) is 7.45. The highest BCUT2D eigenvalue weighted by Gasteiger charge is 2.50. The second kappa shape index (κ2) is 7.80. The first kappa shape index (κ1) is 22.1. The fourth-order valence-electron chi connectivity index (χ4n) is 3.49. The van der Waals surface area contributed by atoms with Gasteiger partial charge in [0.2, 0.25) is 5.95 Å². The molecule has 0 amide bonds. The van der Waals surface area contributed by atoms with Crippen LogP contribution >= 0.6 is 0 Å². The molecule has 3 aromatic heterocycles. The van der Waals surface area contributed by atoms with E-state index in [2.05, 4.69) is 30.0 Å². The van der Waals surface area contributed by atoms with E-state index >= 15 is 0 Å². The first-order chi connectivity index (χ1) is 15.5. The summed E-state index contributed by atoms with van der Waals surface area (Å²) in [7, 11) is 0. The van der Waals surface area contributed by atoms with E-state index < -0.39 is 42.0 Å². The van der Waals surface area contributed by atoms with Gasteiger partial charge in [-0.25, -0.2) is 19.4 Å². The smallest absolute Gasteiger partial charge is 0.425 e. The van der Waals surface area contributed by atoms with Crippen LogP contribution in [-0.4, -0.2) is 33.3 Å². The minimum atomic E-state index is -4.74. The van der Waals surface area contributed by atoms with Gasteiger partial charge in [-0.2, -0.15) is 22.8 Å². The molecule has 0 spiro atoms. The average molecular weight is 463 g/mol. The van der Waals surface area contributed by atoms with Crippen LogP contribution in [0.2, 0.25) is 0 Å². The molecule has 0 saturated carbocycles. The minimum Gasteiger partial charge on any atom is -0.452 e. The highest BCUT2D eigenvalue weighted by Crippen LogP contribution is 2.41. The van der Waals surface area contributed by atoms with E-state index in [4.69, 9.17) is 11.0 Å². The largest absolute Gasteiger partial charge is 0.452 e. The molecule has 0 aromatic carbocycles. The number of hydrogen-bond donors (Lipinski definition) is 2. The molecule has 2 atom stereocenters. The number of hydrogen-bond acceptors (Lipinski definition) is 8. The van der Waals surface area contributed by atoms with Crippen LogP contribution in [0, 0.1) is 23.1 Å². The molecule has 0 bridgehead atoms. The van der Waals surface area contributed by atoms with Crippen LogP contribution < -0.4 is 11.1 Å². The summed E-state index contributed by atoms with van der Waals surface area (Å²) in [5.74, 6) is -1.70. The number of nitrogens with two attached hydrogens (primary N) is 1. The van der Waals surface area contributed by atoms with Crippen LogP contribution in [0.1, 0.15) is 24.5 Å². The van der Waals surface area contributed by atoms with Gasteiger partial charge in [0.05, 0.1) is 29.2 Å². The molecule has 33 heavy (non-hydrogen) atoms. The van der Waals surface area contributed by atoms with Gasteiger partial charge in [0.15, 0.2) is 17.7 Å². The molecule has 4 rings (SSSR count). The van der Waals surface area contributed by atoms with E-state index in [-0.39, 0.29) is 33.5 Å². The number of nitrogens with one attached hydrogen (secondary N) is 1. The number of halogens is 5. The highest BCUT2D eigenvalue weighted by molar-refractivity contribution is 5.90. The van der Waals surface area contributed by atoms with Gasteiger partial charge in [-0.1, -0.05) is 0 Å². The topological polar surface area (TPSA) is 122 Å². The molecule has 3 N–H and O–H groups in total. The summed E-state index contributed by atoms with van der Waals surface area (Å²) in [6.07, 6.45) is -4.54. The maximum absolute atomic E-state index is 14.6. The van der Waals surface area contributed by atoms with Crippen molar-refractivity contribution in [1.29, 1.82) is 5.26 Å². The fourth-order valence-corrected chi connectivity index (χ4v) is 3.49. The summed E-state index contributed by atoms with van der Waals surface area (Å²) in [6.45, 7) is 1.28. The molecule has 4 heterocycles.